The molecule has 0 aliphatic carbocycles. The van der Waals surface area contributed by atoms with E-state index in [4.69, 9.17) is 4.74 Å². The van der Waals surface area contributed by atoms with Crippen LogP contribution in [0.25, 0.3) is 33.2 Å². The van der Waals surface area contributed by atoms with Gasteiger partial charge in [0.15, 0.2) is 5.65 Å². The lowest BCUT2D eigenvalue weighted by Crippen LogP contribution is -2.06. The van der Waals surface area contributed by atoms with Crippen molar-refractivity contribution in [3.63, 3.8) is 0 Å². The third kappa shape index (κ3) is 3.23. The second-order valence-corrected chi connectivity index (χ2v) is 6.62. The summed E-state index contributed by atoms with van der Waals surface area (Å²) in [5, 5.41) is 12.8. The SMILES string of the molecule is COc1ccc2[nH]c3nc(NCc4ccccc4-c4cccnc4)nnc3c2c1. The predicted molar refractivity (Wildman–Crippen MR) is 113 cm³/mol. The van der Waals surface area contributed by atoms with Crippen LogP contribution < -0.4 is 10.1 Å². The fraction of sp³-hybridized carbons (Fsp3) is 0.0909. The smallest absolute Gasteiger partial charge is 0.245 e. The van der Waals surface area contributed by atoms with Gasteiger partial charge in [-0.1, -0.05) is 30.3 Å². The Hall–Kier alpha value is -4.00. The number of anilines is 1. The van der Waals surface area contributed by atoms with Gasteiger partial charge in [0.25, 0.3) is 0 Å². The monoisotopic (exact) mass is 382 g/mol. The highest BCUT2D eigenvalue weighted by atomic mass is 16.5. The van der Waals surface area contributed by atoms with Crippen molar-refractivity contribution in [2.75, 3.05) is 12.4 Å². The molecular formula is C22H18N6O. The Labute approximate surface area is 166 Å². The van der Waals surface area contributed by atoms with Crippen molar-refractivity contribution >= 4 is 28.0 Å². The molecule has 2 N–H and O–H groups in total. The van der Waals surface area contributed by atoms with Gasteiger partial charge in [-0.05, 0) is 35.4 Å². The number of benzene rings is 2. The van der Waals surface area contributed by atoms with E-state index in [0.29, 0.717) is 18.1 Å². The first-order valence-electron chi connectivity index (χ1n) is 9.24. The topological polar surface area (TPSA) is 88.6 Å². The molecule has 0 fully saturated rings. The maximum Gasteiger partial charge on any atom is 0.245 e. The first-order chi connectivity index (χ1) is 14.3. The number of hydrogen-bond donors (Lipinski definition) is 2. The number of aromatic amines is 1. The van der Waals surface area contributed by atoms with Crippen LogP contribution in [0.4, 0.5) is 5.95 Å². The first-order valence-corrected chi connectivity index (χ1v) is 9.24. The number of pyridine rings is 1. The van der Waals surface area contributed by atoms with Gasteiger partial charge in [-0.3, -0.25) is 4.98 Å². The number of hydrogen-bond acceptors (Lipinski definition) is 6. The van der Waals surface area contributed by atoms with Crippen molar-refractivity contribution in [1.82, 2.24) is 25.1 Å². The van der Waals surface area contributed by atoms with E-state index in [2.05, 4.69) is 48.7 Å². The summed E-state index contributed by atoms with van der Waals surface area (Å²) in [6.45, 7) is 0.576. The quantitative estimate of drug-likeness (QED) is 0.474. The van der Waals surface area contributed by atoms with E-state index in [1.165, 1.54) is 0 Å². The molecule has 5 aromatic rings. The van der Waals surface area contributed by atoms with E-state index in [1.807, 2.05) is 42.6 Å². The molecule has 3 aromatic heterocycles. The van der Waals surface area contributed by atoms with Gasteiger partial charge in [0.1, 0.15) is 11.3 Å². The fourth-order valence-corrected chi connectivity index (χ4v) is 3.40. The van der Waals surface area contributed by atoms with Crippen LogP contribution in [0.1, 0.15) is 5.56 Å². The maximum absolute atomic E-state index is 5.30. The Morgan fingerprint density at radius 3 is 2.83 bits per heavy atom. The molecule has 0 radical (unpaired) electrons. The normalized spacial score (nSPS) is 11.1. The molecule has 0 amide bonds. The number of fused-ring (bicyclic) bond motifs is 3. The zero-order valence-electron chi connectivity index (χ0n) is 15.8. The van der Waals surface area contributed by atoms with Gasteiger partial charge in [0.05, 0.1) is 7.11 Å². The molecule has 142 valence electrons. The van der Waals surface area contributed by atoms with Gasteiger partial charge in [-0.2, -0.15) is 4.98 Å². The Kier molecular flexibility index (Phi) is 4.25. The van der Waals surface area contributed by atoms with Crippen LogP contribution in [0.5, 0.6) is 5.75 Å². The molecule has 2 aromatic carbocycles. The molecule has 0 saturated carbocycles. The number of H-pyrrole nitrogens is 1. The second kappa shape index (κ2) is 7.20. The van der Waals surface area contributed by atoms with Crippen LogP contribution >= 0.6 is 0 Å². The Morgan fingerprint density at radius 2 is 1.97 bits per heavy atom. The third-order valence-corrected chi connectivity index (χ3v) is 4.85. The van der Waals surface area contributed by atoms with Crippen molar-refractivity contribution in [2.24, 2.45) is 0 Å². The van der Waals surface area contributed by atoms with Crippen molar-refractivity contribution in [3.05, 3.63) is 72.6 Å². The highest BCUT2D eigenvalue weighted by Crippen LogP contribution is 2.27. The summed E-state index contributed by atoms with van der Waals surface area (Å²) in [7, 11) is 1.64. The number of methoxy groups -OCH3 is 1. The highest BCUT2D eigenvalue weighted by molar-refractivity contribution is 6.03. The minimum Gasteiger partial charge on any atom is -0.497 e. The van der Waals surface area contributed by atoms with Gasteiger partial charge >= 0.3 is 0 Å². The molecule has 0 aliphatic rings. The summed E-state index contributed by atoms with van der Waals surface area (Å²) in [6.07, 6.45) is 3.64. The van der Waals surface area contributed by atoms with Gasteiger partial charge in [0.2, 0.25) is 5.95 Å². The molecule has 5 rings (SSSR count). The van der Waals surface area contributed by atoms with Crippen molar-refractivity contribution in [3.8, 4) is 16.9 Å². The molecule has 7 nitrogen and oxygen atoms in total. The summed E-state index contributed by atoms with van der Waals surface area (Å²) in [6, 6.07) is 18.0. The summed E-state index contributed by atoms with van der Waals surface area (Å²) in [5.74, 6) is 1.24. The van der Waals surface area contributed by atoms with Crippen molar-refractivity contribution in [1.29, 1.82) is 0 Å². The van der Waals surface area contributed by atoms with E-state index < -0.39 is 0 Å². The molecule has 0 unspecified atom stereocenters. The summed E-state index contributed by atoms with van der Waals surface area (Å²) in [4.78, 5) is 12.1. The minimum absolute atomic E-state index is 0.469. The van der Waals surface area contributed by atoms with E-state index in [0.717, 1.165) is 38.9 Å². The number of nitrogens with one attached hydrogen (secondary N) is 2. The lowest BCUT2D eigenvalue weighted by molar-refractivity contribution is 0.415. The molecule has 0 aliphatic heterocycles. The number of nitrogens with zero attached hydrogens (tertiary/aromatic N) is 4. The van der Waals surface area contributed by atoms with Crippen LogP contribution in [0.15, 0.2) is 67.0 Å². The number of aromatic nitrogens is 5. The maximum atomic E-state index is 5.30. The lowest BCUT2D eigenvalue weighted by Gasteiger charge is -2.10. The van der Waals surface area contributed by atoms with Crippen LogP contribution in [-0.4, -0.2) is 32.3 Å². The largest absolute Gasteiger partial charge is 0.497 e. The number of ether oxygens (including phenoxy) is 1. The highest BCUT2D eigenvalue weighted by Gasteiger charge is 2.11. The minimum atomic E-state index is 0.469. The molecule has 0 atom stereocenters. The molecule has 0 spiro atoms. The molecule has 0 saturated heterocycles. The van der Waals surface area contributed by atoms with Crippen molar-refractivity contribution < 1.29 is 4.74 Å². The van der Waals surface area contributed by atoms with E-state index in [1.54, 1.807) is 13.3 Å². The van der Waals surface area contributed by atoms with Crippen LogP contribution in [0.3, 0.4) is 0 Å². The van der Waals surface area contributed by atoms with Gasteiger partial charge in [-0.25, -0.2) is 0 Å². The zero-order valence-corrected chi connectivity index (χ0v) is 15.8. The summed E-state index contributed by atoms with van der Waals surface area (Å²) in [5.41, 5.74) is 5.68. The van der Waals surface area contributed by atoms with Crippen LogP contribution in [0.2, 0.25) is 0 Å². The third-order valence-electron chi connectivity index (χ3n) is 4.85. The average molecular weight is 382 g/mol. The van der Waals surface area contributed by atoms with Gasteiger partial charge in [-0.15, -0.1) is 10.2 Å². The second-order valence-electron chi connectivity index (χ2n) is 6.62. The Morgan fingerprint density at radius 1 is 1.03 bits per heavy atom. The summed E-state index contributed by atoms with van der Waals surface area (Å²) >= 11 is 0. The molecular weight excluding hydrogens is 364 g/mol. The molecule has 29 heavy (non-hydrogen) atoms. The van der Waals surface area contributed by atoms with Gasteiger partial charge in [0, 0.05) is 35.4 Å². The van der Waals surface area contributed by atoms with Crippen LogP contribution in [-0.2, 0) is 6.54 Å². The van der Waals surface area contributed by atoms with Gasteiger partial charge < -0.3 is 15.0 Å². The standard InChI is InChI=1S/C22H18N6O/c1-29-16-8-9-19-18(11-16)20-21(25-19)26-22(28-27-20)24-13-15-5-2-3-7-17(15)14-6-4-10-23-12-14/h2-12H,13H2,1H3,(H2,24,25,26,28). The average Bonchev–Trinajstić information content (AvgIpc) is 3.15. The lowest BCUT2D eigenvalue weighted by atomic mass is 10.0. The number of rotatable bonds is 5. The molecule has 0 bridgehead atoms. The fourth-order valence-electron chi connectivity index (χ4n) is 3.40. The van der Waals surface area contributed by atoms with E-state index in [9.17, 15) is 0 Å². The van der Waals surface area contributed by atoms with E-state index >= 15 is 0 Å². The summed E-state index contributed by atoms with van der Waals surface area (Å²) < 4.78 is 5.30. The van der Waals surface area contributed by atoms with Crippen molar-refractivity contribution in [2.45, 2.75) is 6.54 Å². The van der Waals surface area contributed by atoms with E-state index in [-0.39, 0.29) is 0 Å². The Balaban J connectivity index is 1.44. The zero-order chi connectivity index (χ0) is 19.6. The first kappa shape index (κ1) is 17.1. The molecule has 3 heterocycles. The Bertz CT molecular complexity index is 1300. The predicted octanol–water partition coefficient (Wildman–Crippen LogP) is 4.19. The molecule has 7 heteroatoms. The van der Waals surface area contributed by atoms with Crippen LogP contribution in [0, 0.1) is 0 Å².